The van der Waals surface area contributed by atoms with Gasteiger partial charge in [0.1, 0.15) is 5.82 Å². The van der Waals surface area contributed by atoms with Crippen molar-refractivity contribution in [3.63, 3.8) is 0 Å². The van der Waals surface area contributed by atoms with E-state index in [1.54, 1.807) is 20.0 Å². The number of carboxylic acids is 1. The maximum atomic E-state index is 11.8. The number of rotatable bonds is 5. The van der Waals surface area contributed by atoms with Crippen molar-refractivity contribution in [2.24, 2.45) is 0 Å². The van der Waals surface area contributed by atoms with Gasteiger partial charge in [0.2, 0.25) is 5.95 Å². The molecule has 0 atom stereocenters. The lowest BCUT2D eigenvalue weighted by Crippen LogP contribution is -2.40. The van der Waals surface area contributed by atoms with Crippen LogP contribution in [-0.4, -0.2) is 64.6 Å². The van der Waals surface area contributed by atoms with Gasteiger partial charge in [-0.1, -0.05) is 0 Å². The normalized spacial score (nSPS) is 24.3. The molecule has 0 amide bonds. The van der Waals surface area contributed by atoms with Crippen LogP contribution < -0.4 is 10.2 Å². The summed E-state index contributed by atoms with van der Waals surface area (Å²) in [6, 6.07) is 0.231. The Morgan fingerprint density at radius 1 is 1.27 bits per heavy atom. The van der Waals surface area contributed by atoms with Crippen molar-refractivity contribution >= 4 is 17.7 Å². The summed E-state index contributed by atoms with van der Waals surface area (Å²) in [4.78, 5) is 22.9. The number of hydrogen-bond donors (Lipinski definition) is 3. The number of morpholine rings is 1. The fraction of sp³-hybridized carbons (Fsp3) is 0.722. The highest BCUT2D eigenvalue weighted by Gasteiger charge is 2.35. The maximum Gasteiger partial charge on any atom is 0.313 e. The third kappa shape index (κ3) is 4.07. The molecular weight excluding hydrogens is 336 g/mol. The number of nitrogens with one attached hydrogen (secondary N) is 1. The largest absolute Gasteiger partial charge is 0.481 e. The first kappa shape index (κ1) is 18.8. The van der Waals surface area contributed by atoms with Gasteiger partial charge in [0.05, 0.1) is 24.7 Å². The second-order valence-corrected chi connectivity index (χ2v) is 7.61. The second-order valence-electron chi connectivity index (χ2n) is 7.61. The third-order valence-corrected chi connectivity index (χ3v) is 5.32. The zero-order valence-corrected chi connectivity index (χ0v) is 15.4. The van der Waals surface area contributed by atoms with Crippen LogP contribution in [0.15, 0.2) is 6.20 Å². The predicted molar refractivity (Wildman–Crippen MR) is 97.6 cm³/mol. The minimum Gasteiger partial charge on any atom is -0.481 e. The molecule has 2 heterocycles. The minimum atomic E-state index is -1.08. The van der Waals surface area contributed by atoms with Crippen molar-refractivity contribution in [1.82, 2.24) is 9.97 Å². The molecule has 2 fully saturated rings. The van der Waals surface area contributed by atoms with E-state index in [1.165, 1.54) is 0 Å². The molecule has 1 saturated heterocycles. The van der Waals surface area contributed by atoms with E-state index in [1.807, 2.05) is 0 Å². The Morgan fingerprint density at radius 3 is 2.54 bits per heavy atom. The third-order valence-electron chi connectivity index (χ3n) is 5.32. The van der Waals surface area contributed by atoms with Gasteiger partial charge < -0.3 is 25.2 Å². The Hall–Kier alpha value is -1.93. The topological polar surface area (TPSA) is 108 Å². The van der Waals surface area contributed by atoms with E-state index in [0.717, 1.165) is 25.7 Å². The zero-order chi connectivity index (χ0) is 18.7. The monoisotopic (exact) mass is 364 g/mol. The quantitative estimate of drug-likeness (QED) is 0.719. The van der Waals surface area contributed by atoms with Crippen molar-refractivity contribution in [2.75, 3.05) is 36.5 Å². The smallest absolute Gasteiger partial charge is 0.313 e. The minimum absolute atomic E-state index is 0.211. The van der Waals surface area contributed by atoms with E-state index in [-0.39, 0.29) is 12.1 Å². The number of carboxylic acid groups (broad SMARTS) is 1. The number of aliphatic hydroxyl groups is 1. The lowest BCUT2D eigenvalue weighted by Gasteiger charge is -2.33. The molecule has 8 nitrogen and oxygen atoms in total. The molecule has 144 valence electrons. The molecule has 3 rings (SSSR count). The van der Waals surface area contributed by atoms with Gasteiger partial charge >= 0.3 is 5.97 Å². The van der Waals surface area contributed by atoms with Gasteiger partial charge in [-0.15, -0.1) is 0 Å². The van der Waals surface area contributed by atoms with Crippen LogP contribution in [-0.2, 0) is 14.9 Å². The van der Waals surface area contributed by atoms with Crippen LogP contribution in [0.4, 0.5) is 11.8 Å². The van der Waals surface area contributed by atoms with E-state index in [2.05, 4.69) is 20.2 Å². The number of aliphatic hydroxyl groups excluding tert-OH is 1. The molecular formula is C18H28N4O4. The standard InChI is InChI=1S/C18H28N4O4/c1-18(2,16(24)25)14-11-19-17(20-12-3-5-13(23)6-4-12)21-15(14)22-7-9-26-10-8-22/h11-13,23H,3-10H2,1-2H3,(H,24,25)(H,19,20,21). The molecule has 1 aromatic rings. The predicted octanol–water partition coefficient (Wildman–Crippen LogP) is 1.39. The van der Waals surface area contributed by atoms with E-state index in [0.29, 0.717) is 43.6 Å². The average molecular weight is 364 g/mol. The fourth-order valence-electron chi connectivity index (χ4n) is 3.42. The highest BCUT2D eigenvalue weighted by atomic mass is 16.5. The van der Waals surface area contributed by atoms with Crippen molar-refractivity contribution in [3.8, 4) is 0 Å². The summed E-state index contributed by atoms with van der Waals surface area (Å²) in [5.74, 6) is 0.268. The first-order valence-electron chi connectivity index (χ1n) is 9.26. The molecule has 0 spiro atoms. The van der Waals surface area contributed by atoms with Gasteiger partial charge in [-0.2, -0.15) is 4.98 Å². The van der Waals surface area contributed by atoms with Crippen LogP contribution >= 0.6 is 0 Å². The Labute approximate surface area is 153 Å². The first-order valence-corrected chi connectivity index (χ1v) is 9.26. The van der Waals surface area contributed by atoms with Crippen LogP contribution in [0.3, 0.4) is 0 Å². The van der Waals surface area contributed by atoms with Crippen LogP contribution in [0.25, 0.3) is 0 Å². The number of ether oxygens (including phenoxy) is 1. The van der Waals surface area contributed by atoms with Crippen molar-refractivity contribution in [3.05, 3.63) is 11.8 Å². The molecule has 1 saturated carbocycles. The molecule has 1 aliphatic carbocycles. The SMILES string of the molecule is CC(C)(C(=O)O)c1cnc(NC2CCC(O)CC2)nc1N1CCOCC1. The highest BCUT2D eigenvalue weighted by Crippen LogP contribution is 2.32. The summed E-state index contributed by atoms with van der Waals surface area (Å²) in [5.41, 5.74) is -0.474. The van der Waals surface area contributed by atoms with Gasteiger partial charge in [-0.05, 0) is 39.5 Å². The number of hydrogen-bond acceptors (Lipinski definition) is 7. The lowest BCUT2D eigenvalue weighted by atomic mass is 9.85. The van der Waals surface area contributed by atoms with E-state index in [9.17, 15) is 15.0 Å². The van der Waals surface area contributed by atoms with Gasteiger partial charge in [-0.25, -0.2) is 4.98 Å². The molecule has 1 aliphatic heterocycles. The van der Waals surface area contributed by atoms with Gasteiger partial charge in [0, 0.05) is 30.9 Å². The molecule has 8 heteroatoms. The Morgan fingerprint density at radius 2 is 1.92 bits per heavy atom. The van der Waals surface area contributed by atoms with Gasteiger partial charge in [0.25, 0.3) is 0 Å². The van der Waals surface area contributed by atoms with Crippen molar-refractivity contribution in [2.45, 2.75) is 57.1 Å². The summed E-state index contributed by atoms with van der Waals surface area (Å²) in [7, 11) is 0. The second kappa shape index (κ2) is 7.75. The van der Waals surface area contributed by atoms with E-state index in [4.69, 9.17) is 4.74 Å². The lowest BCUT2D eigenvalue weighted by molar-refractivity contribution is -0.142. The molecule has 1 aromatic heterocycles. The molecule has 26 heavy (non-hydrogen) atoms. The molecule has 3 N–H and O–H groups in total. The zero-order valence-electron chi connectivity index (χ0n) is 15.4. The molecule has 2 aliphatic rings. The van der Waals surface area contributed by atoms with Crippen LogP contribution in [0.5, 0.6) is 0 Å². The highest BCUT2D eigenvalue weighted by molar-refractivity contribution is 5.82. The van der Waals surface area contributed by atoms with Crippen LogP contribution in [0.1, 0.15) is 45.1 Å². The maximum absolute atomic E-state index is 11.8. The Balaban J connectivity index is 1.87. The number of nitrogens with zero attached hydrogens (tertiary/aromatic N) is 3. The summed E-state index contributed by atoms with van der Waals surface area (Å²) in [6.45, 7) is 5.89. The number of anilines is 2. The summed E-state index contributed by atoms with van der Waals surface area (Å²) >= 11 is 0. The van der Waals surface area contributed by atoms with Gasteiger partial charge in [-0.3, -0.25) is 4.79 Å². The summed E-state index contributed by atoms with van der Waals surface area (Å²) < 4.78 is 5.42. The Bertz CT molecular complexity index is 638. The molecule has 0 bridgehead atoms. The Kier molecular flexibility index (Phi) is 5.62. The molecule has 0 aromatic carbocycles. The molecule has 0 radical (unpaired) electrons. The van der Waals surface area contributed by atoms with Crippen LogP contribution in [0.2, 0.25) is 0 Å². The number of carbonyl (C=O) groups is 1. The summed E-state index contributed by atoms with van der Waals surface area (Å²) in [5, 5.41) is 22.6. The van der Waals surface area contributed by atoms with Crippen LogP contribution in [0, 0.1) is 0 Å². The van der Waals surface area contributed by atoms with Gasteiger partial charge in [0.15, 0.2) is 0 Å². The van der Waals surface area contributed by atoms with Crippen molar-refractivity contribution in [1.29, 1.82) is 0 Å². The van der Waals surface area contributed by atoms with E-state index < -0.39 is 11.4 Å². The first-order chi connectivity index (χ1) is 12.4. The molecule has 0 unspecified atom stereocenters. The fourth-order valence-corrected chi connectivity index (χ4v) is 3.42. The number of aliphatic carboxylic acids is 1. The van der Waals surface area contributed by atoms with Crippen molar-refractivity contribution < 1.29 is 19.7 Å². The van der Waals surface area contributed by atoms with E-state index >= 15 is 0 Å². The average Bonchev–Trinajstić information content (AvgIpc) is 2.64. The number of aromatic nitrogens is 2. The summed E-state index contributed by atoms with van der Waals surface area (Å²) in [6.07, 6.45) is 4.72.